The molecule has 2 aromatic carbocycles. The molecule has 0 spiro atoms. The van der Waals surface area contributed by atoms with Gasteiger partial charge in [-0.1, -0.05) is 24.3 Å². The fourth-order valence-corrected chi connectivity index (χ4v) is 2.50. The number of rotatable bonds is 4. The first-order valence-electron chi connectivity index (χ1n) is 7.70. The van der Waals surface area contributed by atoms with Gasteiger partial charge < -0.3 is 11.1 Å². The van der Waals surface area contributed by atoms with Crippen molar-refractivity contribution in [3.05, 3.63) is 65.2 Å². The molecule has 1 aliphatic heterocycles. The van der Waals surface area contributed by atoms with E-state index in [0.717, 1.165) is 11.3 Å². The van der Waals surface area contributed by atoms with Crippen LogP contribution in [0.1, 0.15) is 39.1 Å². The van der Waals surface area contributed by atoms with Gasteiger partial charge in [0, 0.05) is 18.4 Å². The van der Waals surface area contributed by atoms with Crippen molar-refractivity contribution in [3.63, 3.8) is 0 Å². The minimum atomic E-state index is -0.608. The first-order chi connectivity index (χ1) is 12.0. The Morgan fingerprint density at radius 2 is 1.76 bits per heavy atom. The molecule has 2 aromatic rings. The number of nitrogens with one attached hydrogen (secondary N) is 2. The molecule has 3 amide bonds. The molecule has 0 atom stereocenters. The molecule has 1 heterocycles. The average molecular weight is 336 g/mol. The van der Waals surface area contributed by atoms with Crippen LogP contribution in [0.5, 0.6) is 0 Å². The summed E-state index contributed by atoms with van der Waals surface area (Å²) in [5, 5.41) is 6.71. The Bertz CT molecular complexity index is 872. The molecule has 4 N–H and O–H groups in total. The highest BCUT2D eigenvalue weighted by molar-refractivity contribution is 6.09. The fraction of sp³-hybridized carbons (Fsp3) is 0.111. The van der Waals surface area contributed by atoms with Crippen LogP contribution in [0.25, 0.3) is 0 Å². The number of para-hydroxylation sites is 1. The van der Waals surface area contributed by atoms with E-state index in [0.29, 0.717) is 24.1 Å². The van der Waals surface area contributed by atoms with E-state index < -0.39 is 5.91 Å². The smallest absolute Gasteiger partial charge is 0.255 e. The van der Waals surface area contributed by atoms with Gasteiger partial charge in [-0.3, -0.25) is 14.4 Å². The van der Waals surface area contributed by atoms with Gasteiger partial charge >= 0.3 is 0 Å². The monoisotopic (exact) mass is 336 g/mol. The number of nitrogens with two attached hydrogens (primary N) is 1. The Morgan fingerprint density at radius 1 is 1.04 bits per heavy atom. The molecule has 3 rings (SSSR count). The molecule has 0 aromatic heterocycles. The molecule has 25 heavy (non-hydrogen) atoms. The lowest BCUT2D eigenvalue weighted by molar-refractivity contribution is -0.121. The van der Waals surface area contributed by atoms with E-state index in [-0.39, 0.29) is 17.4 Å². The van der Waals surface area contributed by atoms with Crippen LogP contribution in [-0.2, 0) is 4.79 Å². The summed E-state index contributed by atoms with van der Waals surface area (Å²) in [5.41, 5.74) is 10.4. The van der Waals surface area contributed by atoms with Crippen molar-refractivity contribution >= 4 is 29.1 Å². The summed E-state index contributed by atoms with van der Waals surface area (Å²) in [4.78, 5) is 34.9. The van der Waals surface area contributed by atoms with Crippen LogP contribution in [0.2, 0.25) is 0 Å². The molecule has 0 saturated carbocycles. The SMILES string of the molecule is NC(=O)c1ccccc1NC(=O)c1ccc(C2=NNC(=O)CC2)cc1. The zero-order chi connectivity index (χ0) is 17.8. The molecule has 0 saturated heterocycles. The van der Waals surface area contributed by atoms with Crippen molar-refractivity contribution in [3.8, 4) is 0 Å². The highest BCUT2D eigenvalue weighted by atomic mass is 16.2. The van der Waals surface area contributed by atoms with Crippen molar-refractivity contribution in [2.24, 2.45) is 10.8 Å². The van der Waals surface area contributed by atoms with E-state index >= 15 is 0 Å². The van der Waals surface area contributed by atoms with Crippen molar-refractivity contribution < 1.29 is 14.4 Å². The summed E-state index contributed by atoms with van der Waals surface area (Å²) < 4.78 is 0. The maximum absolute atomic E-state index is 12.4. The molecule has 0 fully saturated rings. The summed E-state index contributed by atoms with van der Waals surface area (Å²) in [6, 6.07) is 13.4. The predicted molar refractivity (Wildman–Crippen MR) is 93.3 cm³/mol. The zero-order valence-corrected chi connectivity index (χ0v) is 13.3. The van der Waals surface area contributed by atoms with Crippen molar-refractivity contribution in [2.45, 2.75) is 12.8 Å². The average Bonchev–Trinajstić information content (AvgIpc) is 2.63. The van der Waals surface area contributed by atoms with Gasteiger partial charge in [0.1, 0.15) is 0 Å². The predicted octanol–water partition coefficient (Wildman–Crippen LogP) is 1.65. The molecule has 0 unspecified atom stereocenters. The Labute approximate surface area is 143 Å². The third-order valence-corrected chi connectivity index (χ3v) is 3.83. The fourth-order valence-electron chi connectivity index (χ4n) is 2.50. The van der Waals surface area contributed by atoms with Gasteiger partial charge in [0.05, 0.1) is 17.0 Å². The van der Waals surface area contributed by atoms with Gasteiger partial charge in [-0.15, -0.1) is 0 Å². The summed E-state index contributed by atoms with van der Waals surface area (Å²) in [7, 11) is 0. The maximum atomic E-state index is 12.4. The van der Waals surface area contributed by atoms with Crippen LogP contribution < -0.4 is 16.5 Å². The highest BCUT2D eigenvalue weighted by Crippen LogP contribution is 2.17. The van der Waals surface area contributed by atoms with E-state index in [1.54, 1.807) is 48.5 Å². The number of hydrazone groups is 1. The van der Waals surface area contributed by atoms with E-state index in [9.17, 15) is 14.4 Å². The zero-order valence-electron chi connectivity index (χ0n) is 13.3. The van der Waals surface area contributed by atoms with Crippen molar-refractivity contribution in [1.82, 2.24) is 5.43 Å². The Kier molecular flexibility index (Phi) is 4.56. The molecule has 0 aliphatic carbocycles. The molecular formula is C18H16N4O3. The van der Waals surface area contributed by atoms with Crippen molar-refractivity contribution in [2.75, 3.05) is 5.32 Å². The normalized spacial score (nSPS) is 13.6. The third kappa shape index (κ3) is 3.72. The Morgan fingerprint density at radius 3 is 2.40 bits per heavy atom. The van der Waals surface area contributed by atoms with Gasteiger partial charge in [0.25, 0.3) is 11.8 Å². The van der Waals surface area contributed by atoms with Crippen LogP contribution in [0.15, 0.2) is 53.6 Å². The van der Waals surface area contributed by atoms with E-state index in [4.69, 9.17) is 5.73 Å². The lowest BCUT2D eigenvalue weighted by atomic mass is 10.0. The van der Waals surface area contributed by atoms with Crippen LogP contribution in [0.4, 0.5) is 5.69 Å². The van der Waals surface area contributed by atoms with Crippen LogP contribution in [0.3, 0.4) is 0 Å². The number of primary amides is 1. The standard InChI is InChI=1S/C18H16N4O3/c19-17(24)13-3-1-2-4-15(13)20-18(25)12-7-5-11(6-8-12)14-9-10-16(23)22-21-14/h1-8H,9-10H2,(H2,19,24)(H,20,25)(H,22,23). The Balaban J connectivity index is 1.76. The molecule has 7 heteroatoms. The summed E-state index contributed by atoms with van der Waals surface area (Å²) in [6.45, 7) is 0. The molecule has 0 radical (unpaired) electrons. The summed E-state index contributed by atoms with van der Waals surface area (Å²) >= 11 is 0. The number of amides is 3. The highest BCUT2D eigenvalue weighted by Gasteiger charge is 2.15. The lowest BCUT2D eigenvalue weighted by Crippen LogP contribution is -2.25. The number of anilines is 1. The summed E-state index contributed by atoms with van der Waals surface area (Å²) in [5.74, 6) is -1.06. The molecule has 1 aliphatic rings. The quantitative estimate of drug-likeness (QED) is 0.788. The van der Waals surface area contributed by atoms with Gasteiger partial charge in [-0.25, -0.2) is 5.43 Å². The number of hydrogen-bond acceptors (Lipinski definition) is 4. The van der Waals surface area contributed by atoms with Gasteiger partial charge in [0.15, 0.2) is 0 Å². The largest absolute Gasteiger partial charge is 0.366 e. The number of benzene rings is 2. The van der Waals surface area contributed by atoms with Gasteiger partial charge in [-0.2, -0.15) is 5.10 Å². The number of carbonyl (C=O) groups is 3. The molecule has 0 bridgehead atoms. The van der Waals surface area contributed by atoms with Crippen molar-refractivity contribution in [1.29, 1.82) is 0 Å². The minimum Gasteiger partial charge on any atom is -0.366 e. The second kappa shape index (κ2) is 6.96. The summed E-state index contributed by atoms with van der Waals surface area (Å²) in [6.07, 6.45) is 0.953. The van der Waals surface area contributed by atoms with Crippen LogP contribution >= 0.6 is 0 Å². The third-order valence-electron chi connectivity index (χ3n) is 3.83. The number of hydrogen-bond donors (Lipinski definition) is 3. The second-order valence-corrected chi connectivity index (χ2v) is 5.53. The Hall–Kier alpha value is -3.48. The maximum Gasteiger partial charge on any atom is 0.255 e. The topological polar surface area (TPSA) is 114 Å². The van der Waals surface area contributed by atoms with E-state index in [1.165, 1.54) is 0 Å². The van der Waals surface area contributed by atoms with Crippen LogP contribution in [-0.4, -0.2) is 23.4 Å². The first-order valence-corrected chi connectivity index (χ1v) is 7.70. The first kappa shape index (κ1) is 16.4. The number of carbonyl (C=O) groups excluding carboxylic acids is 3. The minimum absolute atomic E-state index is 0.104. The van der Waals surface area contributed by atoms with Gasteiger partial charge in [0.2, 0.25) is 5.91 Å². The molecular weight excluding hydrogens is 320 g/mol. The number of nitrogens with zero attached hydrogens (tertiary/aromatic N) is 1. The second-order valence-electron chi connectivity index (χ2n) is 5.53. The molecule has 126 valence electrons. The van der Waals surface area contributed by atoms with Gasteiger partial charge in [-0.05, 0) is 29.8 Å². The van der Waals surface area contributed by atoms with Crippen LogP contribution in [0, 0.1) is 0 Å². The van der Waals surface area contributed by atoms with E-state index in [2.05, 4.69) is 15.8 Å². The van der Waals surface area contributed by atoms with E-state index in [1.807, 2.05) is 0 Å². The lowest BCUT2D eigenvalue weighted by Gasteiger charge is -2.12. The molecule has 7 nitrogen and oxygen atoms in total.